The molecule has 0 aliphatic rings. The molecule has 5 heteroatoms. The number of rotatable bonds is 4. The van der Waals surface area contributed by atoms with Gasteiger partial charge in [0.15, 0.2) is 0 Å². The third-order valence-corrected chi connectivity index (χ3v) is 2.34. The monoisotopic (exact) mass is 257 g/mol. The van der Waals surface area contributed by atoms with E-state index in [1.165, 1.54) is 0 Å². The summed E-state index contributed by atoms with van der Waals surface area (Å²) in [7, 11) is 0. The Kier molecular flexibility index (Phi) is 3.78. The summed E-state index contributed by atoms with van der Waals surface area (Å²) in [6, 6.07) is 13.2. The molecule has 0 aliphatic carbocycles. The van der Waals surface area contributed by atoms with Crippen LogP contribution in [0.1, 0.15) is 10.4 Å². The number of hydrogen-bond donors (Lipinski definition) is 2. The molecule has 0 aromatic heterocycles. The molecule has 19 heavy (non-hydrogen) atoms. The van der Waals surface area contributed by atoms with Gasteiger partial charge in [-0.2, -0.15) is 0 Å². The van der Waals surface area contributed by atoms with Crippen LogP contribution in [0.2, 0.25) is 0 Å². The SMILES string of the molecule is O=Cc1cccc(Oc2ccc(NC(=O)O)cc2)c1. The first-order valence-corrected chi connectivity index (χ1v) is 5.50. The van der Waals surface area contributed by atoms with E-state index >= 15 is 0 Å². The van der Waals surface area contributed by atoms with Crippen molar-refractivity contribution in [2.24, 2.45) is 0 Å². The summed E-state index contributed by atoms with van der Waals surface area (Å²) in [6.45, 7) is 0. The van der Waals surface area contributed by atoms with Crippen molar-refractivity contribution in [1.82, 2.24) is 0 Å². The standard InChI is InChI=1S/C14H11NO4/c16-9-10-2-1-3-13(8-10)19-12-6-4-11(5-7-12)15-14(17)18/h1-9,15H,(H,17,18). The Bertz CT molecular complexity index is 593. The molecule has 0 fully saturated rings. The number of hydrogen-bond acceptors (Lipinski definition) is 3. The van der Waals surface area contributed by atoms with E-state index in [0.717, 1.165) is 6.29 Å². The van der Waals surface area contributed by atoms with Crippen molar-refractivity contribution in [3.05, 3.63) is 54.1 Å². The highest BCUT2D eigenvalue weighted by molar-refractivity contribution is 5.82. The predicted molar refractivity (Wildman–Crippen MR) is 70.0 cm³/mol. The molecule has 0 bridgehead atoms. The zero-order valence-corrected chi connectivity index (χ0v) is 9.87. The molecule has 5 nitrogen and oxygen atoms in total. The van der Waals surface area contributed by atoms with Crippen LogP contribution < -0.4 is 10.1 Å². The highest BCUT2D eigenvalue weighted by Gasteiger charge is 2.01. The van der Waals surface area contributed by atoms with Crippen LogP contribution in [0, 0.1) is 0 Å². The maximum atomic E-state index is 10.6. The third-order valence-electron chi connectivity index (χ3n) is 2.34. The van der Waals surface area contributed by atoms with Crippen molar-refractivity contribution in [3.8, 4) is 11.5 Å². The van der Waals surface area contributed by atoms with Crippen molar-refractivity contribution >= 4 is 18.1 Å². The van der Waals surface area contributed by atoms with Gasteiger partial charge in [-0.25, -0.2) is 4.79 Å². The van der Waals surface area contributed by atoms with Crippen molar-refractivity contribution in [1.29, 1.82) is 0 Å². The van der Waals surface area contributed by atoms with Crippen molar-refractivity contribution in [3.63, 3.8) is 0 Å². The summed E-state index contributed by atoms with van der Waals surface area (Å²) in [6.07, 6.45) is -0.375. The Morgan fingerprint density at radius 3 is 2.47 bits per heavy atom. The minimum absolute atomic E-state index is 0.460. The molecule has 2 N–H and O–H groups in total. The van der Waals surface area contributed by atoms with E-state index in [0.29, 0.717) is 22.7 Å². The first-order valence-electron chi connectivity index (χ1n) is 5.50. The number of aldehydes is 1. The summed E-state index contributed by atoms with van der Waals surface area (Å²) in [4.78, 5) is 21.1. The number of amides is 1. The number of benzene rings is 2. The Hall–Kier alpha value is -2.82. The number of nitrogens with one attached hydrogen (secondary N) is 1. The first-order chi connectivity index (χ1) is 9.17. The Morgan fingerprint density at radius 2 is 1.84 bits per heavy atom. The lowest BCUT2D eigenvalue weighted by Gasteiger charge is -2.07. The van der Waals surface area contributed by atoms with Crippen LogP contribution in [0.3, 0.4) is 0 Å². The first kappa shape index (κ1) is 12.6. The normalized spacial score (nSPS) is 9.68. The van der Waals surface area contributed by atoms with E-state index in [2.05, 4.69) is 5.32 Å². The maximum absolute atomic E-state index is 10.6. The second kappa shape index (κ2) is 5.68. The Balaban J connectivity index is 2.10. The molecule has 0 spiro atoms. The minimum Gasteiger partial charge on any atom is -0.465 e. The molecular formula is C14H11NO4. The average Bonchev–Trinajstić information content (AvgIpc) is 2.41. The van der Waals surface area contributed by atoms with Gasteiger partial charge in [0.2, 0.25) is 0 Å². The largest absolute Gasteiger partial charge is 0.465 e. The van der Waals surface area contributed by atoms with Crippen LogP contribution in [0.4, 0.5) is 10.5 Å². The number of ether oxygens (including phenoxy) is 1. The molecule has 0 heterocycles. The molecule has 0 saturated heterocycles. The topological polar surface area (TPSA) is 75.6 Å². The van der Waals surface area contributed by atoms with E-state index in [1.54, 1.807) is 48.5 Å². The quantitative estimate of drug-likeness (QED) is 0.823. The number of carboxylic acid groups (broad SMARTS) is 1. The summed E-state index contributed by atoms with van der Waals surface area (Å²) >= 11 is 0. The highest BCUT2D eigenvalue weighted by Crippen LogP contribution is 2.23. The highest BCUT2D eigenvalue weighted by atomic mass is 16.5. The lowest BCUT2D eigenvalue weighted by atomic mass is 10.2. The molecule has 0 unspecified atom stereocenters. The number of anilines is 1. The van der Waals surface area contributed by atoms with E-state index < -0.39 is 6.09 Å². The van der Waals surface area contributed by atoms with Crippen LogP contribution >= 0.6 is 0 Å². The maximum Gasteiger partial charge on any atom is 0.409 e. The van der Waals surface area contributed by atoms with Crippen molar-refractivity contribution in [2.75, 3.05) is 5.32 Å². The third kappa shape index (κ3) is 3.57. The lowest BCUT2D eigenvalue weighted by molar-refractivity contribution is 0.112. The van der Waals surface area contributed by atoms with Gasteiger partial charge in [0.05, 0.1) is 0 Å². The zero-order chi connectivity index (χ0) is 13.7. The smallest absolute Gasteiger partial charge is 0.409 e. The van der Waals surface area contributed by atoms with E-state index in [4.69, 9.17) is 9.84 Å². The van der Waals surface area contributed by atoms with Crippen LogP contribution in [-0.2, 0) is 0 Å². The molecule has 0 radical (unpaired) electrons. The van der Waals surface area contributed by atoms with Gasteiger partial charge in [-0.05, 0) is 36.4 Å². The number of carbonyl (C=O) groups is 2. The van der Waals surface area contributed by atoms with Crippen LogP contribution in [0.25, 0.3) is 0 Å². The summed E-state index contributed by atoms with van der Waals surface area (Å²) in [5, 5.41) is 10.8. The van der Waals surface area contributed by atoms with Crippen LogP contribution in [-0.4, -0.2) is 17.5 Å². The molecule has 2 aromatic rings. The van der Waals surface area contributed by atoms with E-state index in [-0.39, 0.29) is 0 Å². The Labute approximate surface area is 109 Å². The molecular weight excluding hydrogens is 246 g/mol. The molecule has 2 aromatic carbocycles. The summed E-state index contributed by atoms with van der Waals surface area (Å²) in [5.41, 5.74) is 0.989. The van der Waals surface area contributed by atoms with Gasteiger partial charge in [0.25, 0.3) is 0 Å². The zero-order valence-electron chi connectivity index (χ0n) is 9.87. The molecule has 0 saturated carbocycles. The van der Waals surface area contributed by atoms with Gasteiger partial charge in [0, 0.05) is 11.3 Å². The van der Waals surface area contributed by atoms with Crippen molar-refractivity contribution in [2.45, 2.75) is 0 Å². The van der Waals surface area contributed by atoms with Gasteiger partial charge in [-0.1, -0.05) is 12.1 Å². The molecule has 0 atom stereocenters. The van der Waals surface area contributed by atoms with Gasteiger partial charge >= 0.3 is 6.09 Å². The van der Waals surface area contributed by atoms with Crippen LogP contribution in [0.5, 0.6) is 11.5 Å². The van der Waals surface area contributed by atoms with Gasteiger partial charge in [0.1, 0.15) is 17.8 Å². The van der Waals surface area contributed by atoms with Gasteiger partial charge < -0.3 is 9.84 Å². The van der Waals surface area contributed by atoms with E-state index in [1.807, 2.05) is 0 Å². The molecule has 0 aliphatic heterocycles. The fraction of sp³-hybridized carbons (Fsp3) is 0. The molecule has 1 amide bonds. The fourth-order valence-corrected chi connectivity index (χ4v) is 1.52. The van der Waals surface area contributed by atoms with Gasteiger partial charge in [-0.15, -0.1) is 0 Å². The fourth-order valence-electron chi connectivity index (χ4n) is 1.52. The minimum atomic E-state index is -1.12. The van der Waals surface area contributed by atoms with E-state index in [9.17, 15) is 9.59 Å². The predicted octanol–water partition coefficient (Wildman–Crippen LogP) is 3.38. The van der Waals surface area contributed by atoms with Crippen molar-refractivity contribution < 1.29 is 19.4 Å². The average molecular weight is 257 g/mol. The second-order valence-electron chi connectivity index (χ2n) is 3.75. The van der Waals surface area contributed by atoms with Gasteiger partial charge in [-0.3, -0.25) is 10.1 Å². The summed E-state index contributed by atoms with van der Waals surface area (Å²) < 4.78 is 5.55. The van der Waals surface area contributed by atoms with Crippen LogP contribution in [0.15, 0.2) is 48.5 Å². The lowest BCUT2D eigenvalue weighted by Crippen LogP contribution is -2.06. The molecule has 96 valence electrons. The molecule has 2 rings (SSSR count). The Morgan fingerprint density at radius 1 is 1.11 bits per heavy atom. The second-order valence-corrected chi connectivity index (χ2v) is 3.75. The number of carbonyl (C=O) groups excluding carboxylic acids is 1. The summed E-state index contributed by atoms with van der Waals surface area (Å²) in [5.74, 6) is 1.10.